The molecule has 2 rings (SSSR count). The van der Waals surface area contributed by atoms with E-state index >= 15 is 0 Å². The van der Waals surface area contributed by atoms with Crippen molar-refractivity contribution in [1.82, 2.24) is 0 Å². The molecule has 0 bridgehead atoms. The highest BCUT2D eigenvalue weighted by molar-refractivity contribution is 5.26. The van der Waals surface area contributed by atoms with Gasteiger partial charge in [0.1, 0.15) is 0 Å². The highest BCUT2D eigenvalue weighted by Gasteiger charge is 2.24. The number of hydrogen-bond donors (Lipinski definition) is 1. The van der Waals surface area contributed by atoms with Gasteiger partial charge in [-0.1, -0.05) is 69.7 Å². The Labute approximate surface area is 137 Å². The van der Waals surface area contributed by atoms with Crippen LogP contribution in [0.3, 0.4) is 0 Å². The molecule has 1 nitrogen and oxygen atoms in total. The van der Waals surface area contributed by atoms with Gasteiger partial charge in [-0.2, -0.15) is 0 Å². The first-order chi connectivity index (χ1) is 10.8. The van der Waals surface area contributed by atoms with E-state index in [0.717, 1.165) is 0 Å². The van der Waals surface area contributed by atoms with Crippen molar-refractivity contribution in [2.75, 3.05) is 6.61 Å². The molecule has 1 aromatic rings. The summed E-state index contributed by atoms with van der Waals surface area (Å²) in [5.41, 5.74) is 2.98. The molecule has 0 radical (unpaired) electrons. The molecule has 2 atom stereocenters. The van der Waals surface area contributed by atoms with Crippen LogP contribution in [-0.4, -0.2) is 11.7 Å². The summed E-state index contributed by atoms with van der Waals surface area (Å²) in [7, 11) is 0. The van der Waals surface area contributed by atoms with Crippen molar-refractivity contribution in [2.24, 2.45) is 5.92 Å². The lowest BCUT2D eigenvalue weighted by Gasteiger charge is -2.11. The number of aryl methyl sites for hydroxylation is 1. The summed E-state index contributed by atoms with van der Waals surface area (Å²) in [4.78, 5) is 0. The molecule has 22 heavy (non-hydrogen) atoms. The minimum Gasteiger partial charge on any atom is -0.396 e. The first-order valence-corrected chi connectivity index (χ1v) is 9.53. The Morgan fingerprint density at radius 1 is 0.909 bits per heavy atom. The Bertz CT molecular complexity index is 395. The van der Waals surface area contributed by atoms with Crippen LogP contribution in [0.1, 0.15) is 88.2 Å². The fourth-order valence-electron chi connectivity index (χ4n) is 3.79. The quantitative estimate of drug-likeness (QED) is 0.537. The molecule has 1 saturated carbocycles. The molecule has 0 amide bonds. The summed E-state index contributed by atoms with van der Waals surface area (Å²) in [6.07, 6.45) is 14.6. The number of hydrogen-bond acceptors (Lipinski definition) is 1. The number of aliphatic hydroxyl groups excluding tert-OH is 1. The zero-order chi connectivity index (χ0) is 15.6. The molecule has 0 heterocycles. The summed E-state index contributed by atoms with van der Waals surface area (Å²) in [5, 5.41) is 9.26. The third-order valence-corrected chi connectivity index (χ3v) is 5.32. The third kappa shape index (κ3) is 5.76. The van der Waals surface area contributed by atoms with Crippen molar-refractivity contribution in [3.05, 3.63) is 35.4 Å². The lowest BCUT2D eigenvalue weighted by Crippen LogP contribution is -2.00. The molecule has 1 heteroatoms. The van der Waals surface area contributed by atoms with Crippen LogP contribution in [0.4, 0.5) is 0 Å². The van der Waals surface area contributed by atoms with Crippen LogP contribution >= 0.6 is 0 Å². The van der Waals surface area contributed by atoms with Crippen molar-refractivity contribution in [1.29, 1.82) is 0 Å². The van der Waals surface area contributed by atoms with Crippen molar-refractivity contribution < 1.29 is 5.11 Å². The number of aliphatic hydroxyl groups is 1. The van der Waals surface area contributed by atoms with Crippen molar-refractivity contribution in [2.45, 2.75) is 83.5 Å². The fraction of sp³-hybridized carbons (Fsp3) is 0.714. The Hall–Kier alpha value is -0.820. The largest absolute Gasteiger partial charge is 0.396 e. The van der Waals surface area contributed by atoms with Gasteiger partial charge in [-0.25, -0.2) is 0 Å². The minimum absolute atomic E-state index is 0.368. The van der Waals surface area contributed by atoms with E-state index in [0.29, 0.717) is 18.4 Å². The lowest BCUT2D eigenvalue weighted by molar-refractivity contribution is 0.229. The van der Waals surface area contributed by atoms with E-state index in [4.69, 9.17) is 0 Å². The first-order valence-electron chi connectivity index (χ1n) is 9.53. The highest BCUT2D eigenvalue weighted by atomic mass is 16.3. The summed E-state index contributed by atoms with van der Waals surface area (Å²) in [6.45, 7) is 2.64. The van der Waals surface area contributed by atoms with Crippen molar-refractivity contribution >= 4 is 0 Å². The zero-order valence-electron chi connectivity index (χ0n) is 14.4. The first kappa shape index (κ1) is 17.5. The van der Waals surface area contributed by atoms with Gasteiger partial charge in [-0.05, 0) is 55.1 Å². The number of unbranched alkanes of at least 4 members (excludes halogenated alkanes) is 6. The number of rotatable bonds is 10. The average Bonchev–Trinajstić information content (AvgIpc) is 3.04. The molecule has 0 aromatic heterocycles. The maximum Gasteiger partial charge on any atom is 0.0459 e. The Morgan fingerprint density at radius 3 is 2.23 bits per heavy atom. The Balaban J connectivity index is 1.64. The molecular formula is C21H34O. The molecule has 1 aromatic carbocycles. The second-order valence-electron chi connectivity index (χ2n) is 7.17. The number of benzene rings is 1. The smallest absolute Gasteiger partial charge is 0.0459 e. The van der Waals surface area contributed by atoms with Gasteiger partial charge in [0.25, 0.3) is 0 Å². The summed E-state index contributed by atoms with van der Waals surface area (Å²) < 4.78 is 0. The van der Waals surface area contributed by atoms with Crippen LogP contribution < -0.4 is 0 Å². The second kappa shape index (κ2) is 10.0. The maximum absolute atomic E-state index is 9.26. The van der Waals surface area contributed by atoms with Gasteiger partial charge in [-0.15, -0.1) is 0 Å². The molecular weight excluding hydrogens is 268 g/mol. The molecule has 1 aliphatic carbocycles. The summed E-state index contributed by atoms with van der Waals surface area (Å²) >= 11 is 0. The van der Waals surface area contributed by atoms with E-state index in [1.54, 1.807) is 0 Å². The molecule has 0 saturated heterocycles. The van der Waals surface area contributed by atoms with Crippen LogP contribution in [-0.2, 0) is 6.42 Å². The zero-order valence-corrected chi connectivity index (χ0v) is 14.4. The van der Waals surface area contributed by atoms with Gasteiger partial charge in [0.2, 0.25) is 0 Å². The monoisotopic (exact) mass is 302 g/mol. The van der Waals surface area contributed by atoms with Gasteiger partial charge in [0.05, 0.1) is 0 Å². The van der Waals surface area contributed by atoms with E-state index in [2.05, 4.69) is 31.2 Å². The van der Waals surface area contributed by atoms with E-state index < -0.39 is 0 Å². The van der Waals surface area contributed by atoms with E-state index in [1.165, 1.54) is 81.8 Å². The molecule has 124 valence electrons. The SMILES string of the molecule is CCCCCCCCCc1ccc(C2CCC(CO)C2)cc1. The minimum atomic E-state index is 0.368. The van der Waals surface area contributed by atoms with Crippen LogP contribution in [0, 0.1) is 5.92 Å². The van der Waals surface area contributed by atoms with Crippen molar-refractivity contribution in [3.8, 4) is 0 Å². The maximum atomic E-state index is 9.26. The topological polar surface area (TPSA) is 20.2 Å². The van der Waals surface area contributed by atoms with Gasteiger partial charge in [-0.3, -0.25) is 0 Å². The molecule has 1 N–H and O–H groups in total. The van der Waals surface area contributed by atoms with Gasteiger partial charge >= 0.3 is 0 Å². The van der Waals surface area contributed by atoms with E-state index in [1.807, 2.05) is 0 Å². The predicted octanol–water partition coefficient (Wildman–Crippen LogP) is 5.86. The average molecular weight is 303 g/mol. The van der Waals surface area contributed by atoms with Crippen LogP contribution in [0.15, 0.2) is 24.3 Å². The van der Waals surface area contributed by atoms with Gasteiger partial charge in [0.15, 0.2) is 0 Å². The summed E-state index contributed by atoms with van der Waals surface area (Å²) in [5.74, 6) is 1.22. The molecule has 0 aliphatic heterocycles. The summed E-state index contributed by atoms with van der Waals surface area (Å²) in [6, 6.07) is 9.33. The lowest BCUT2D eigenvalue weighted by atomic mass is 9.94. The van der Waals surface area contributed by atoms with Crippen LogP contribution in [0.25, 0.3) is 0 Å². The van der Waals surface area contributed by atoms with E-state index in [-0.39, 0.29) is 0 Å². The van der Waals surface area contributed by atoms with Gasteiger partial charge < -0.3 is 5.11 Å². The van der Waals surface area contributed by atoms with Crippen molar-refractivity contribution in [3.63, 3.8) is 0 Å². The second-order valence-corrected chi connectivity index (χ2v) is 7.17. The molecule has 1 aliphatic rings. The Morgan fingerprint density at radius 2 is 1.59 bits per heavy atom. The Kier molecular flexibility index (Phi) is 8.01. The standard InChI is InChI=1S/C21H34O/c1-2-3-4-5-6-7-8-9-18-10-13-20(14-11-18)21-15-12-19(16-21)17-22/h10-11,13-14,19,21-22H,2-9,12,15-17H2,1H3. The van der Waals surface area contributed by atoms with E-state index in [9.17, 15) is 5.11 Å². The fourth-order valence-corrected chi connectivity index (χ4v) is 3.79. The normalized spacial score (nSPS) is 21.4. The van der Waals surface area contributed by atoms with Crippen LogP contribution in [0.5, 0.6) is 0 Å². The third-order valence-electron chi connectivity index (χ3n) is 5.32. The van der Waals surface area contributed by atoms with Crippen LogP contribution in [0.2, 0.25) is 0 Å². The molecule has 2 unspecified atom stereocenters. The highest BCUT2D eigenvalue weighted by Crippen LogP contribution is 2.37. The predicted molar refractivity (Wildman–Crippen MR) is 95.3 cm³/mol. The molecule has 0 spiro atoms. The van der Waals surface area contributed by atoms with Gasteiger partial charge in [0, 0.05) is 6.61 Å². The molecule has 1 fully saturated rings.